The summed E-state index contributed by atoms with van der Waals surface area (Å²) >= 11 is 1.23. The third-order valence-electron chi connectivity index (χ3n) is 2.65. The van der Waals surface area contributed by atoms with Crippen LogP contribution in [0.3, 0.4) is 0 Å². The van der Waals surface area contributed by atoms with Crippen LogP contribution in [-0.4, -0.2) is 30.3 Å². The van der Waals surface area contributed by atoms with E-state index in [2.05, 4.69) is 38.2 Å². The molecule has 0 aromatic carbocycles. The first-order chi connectivity index (χ1) is 8.86. The normalized spacial score (nSPS) is 12.8. The minimum absolute atomic E-state index is 0.0326. The molecule has 0 fully saturated rings. The van der Waals surface area contributed by atoms with Crippen molar-refractivity contribution < 1.29 is 0 Å². The molecule has 0 spiro atoms. The molecule has 0 radical (unpaired) electrons. The number of hydrogen-bond acceptors (Lipinski definition) is 6. The molecule has 7 heteroatoms. The van der Waals surface area contributed by atoms with Gasteiger partial charge in [-0.15, -0.1) is 5.10 Å². The van der Waals surface area contributed by atoms with Gasteiger partial charge in [0.05, 0.1) is 41.6 Å². The van der Waals surface area contributed by atoms with E-state index >= 15 is 0 Å². The Morgan fingerprint density at radius 1 is 1.33 bits per heavy atom. The summed E-state index contributed by atoms with van der Waals surface area (Å²) in [5.41, 5.74) is 1.99. The van der Waals surface area contributed by atoms with Crippen LogP contribution in [0, 0.1) is 0 Å². The fraction of sp³-hybridized carbons (Fsp3) is 0.636. The van der Waals surface area contributed by atoms with Crippen molar-refractivity contribution in [2.45, 2.75) is 39.3 Å². The second-order valence-electron chi connectivity index (χ2n) is 4.10. The van der Waals surface area contributed by atoms with Crippen LogP contribution < -0.4 is 5.32 Å². The summed E-state index contributed by atoms with van der Waals surface area (Å²) in [6.45, 7) is 6.08. The first-order valence-electron chi connectivity index (χ1n) is 6.26. The molecular weight excluding hydrogens is 248 g/mol. The van der Waals surface area contributed by atoms with Crippen LogP contribution in [0.1, 0.15) is 44.1 Å². The minimum atomic E-state index is 0.0326. The predicted octanol–water partition coefficient (Wildman–Crippen LogP) is 1.63. The summed E-state index contributed by atoms with van der Waals surface area (Å²) in [6, 6.07) is 0.0326. The van der Waals surface area contributed by atoms with Crippen molar-refractivity contribution in [1.29, 1.82) is 0 Å². The monoisotopic (exact) mass is 266 g/mol. The van der Waals surface area contributed by atoms with Gasteiger partial charge in [-0.3, -0.25) is 0 Å². The molecule has 1 atom stereocenters. The van der Waals surface area contributed by atoms with Crippen molar-refractivity contribution in [3.8, 4) is 0 Å². The Balaban J connectivity index is 2.24. The van der Waals surface area contributed by atoms with Gasteiger partial charge < -0.3 is 5.32 Å². The van der Waals surface area contributed by atoms with E-state index in [0.717, 1.165) is 37.3 Å². The van der Waals surface area contributed by atoms with Gasteiger partial charge in [0, 0.05) is 6.54 Å². The lowest BCUT2D eigenvalue weighted by Crippen LogP contribution is -2.26. The van der Waals surface area contributed by atoms with Crippen LogP contribution >= 0.6 is 11.7 Å². The maximum absolute atomic E-state index is 4.33. The van der Waals surface area contributed by atoms with E-state index in [1.54, 1.807) is 6.20 Å². The third-order valence-corrected chi connectivity index (χ3v) is 3.14. The molecule has 6 nitrogen and oxygen atoms in total. The Bertz CT molecular complexity index is 452. The van der Waals surface area contributed by atoms with Crippen LogP contribution in [0.4, 0.5) is 0 Å². The summed E-state index contributed by atoms with van der Waals surface area (Å²) in [5.74, 6) is 0. The highest BCUT2D eigenvalue weighted by Gasteiger charge is 2.20. The first-order valence-corrected chi connectivity index (χ1v) is 6.99. The van der Waals surface area contributed by atoms with Gasteiger partial charge in [0.25, 0.3) is 0 Å². The summed E-state index contributed by atoms with van der Waals surface area (Å²) in [5, 5.41) is 11.6. The van der Waals surface area contributed by atoms with Crippen molar-refractivity contribution >= 4 is 11.7 Å². The predicted molar refractivity (Wildman–Crippen MR) is 70.4 cm³/mol. The van der Waals surface area contributed by atoms with E-state index in [4.69, 9.17) is 0 Å². The average molecular weight is 266 g/mol. The maximum Gasteiger partial charge on any atom is 0.0974 e. The van der Waals surface area contributed by atoms with Gasteiger partial charge in [-0.2, -0.15) is 8.75 Å². The Labute approximate surface area is 111 Å². The molecule has 0 amide bonds. The molecule has 1 unspecified atom stereocenters. The number of rotatable bonds is 7. The van der Waals surface area contributed by atoms with Gasteiger partial charge in [-0.1, -0.05) is 19.1 Å². The number of nitrogens with one attached hydrogen (secondary N) is 1. The molecule has 2 aromatic rings. The largest absolute Gasteiger partial charge is 0.304 e. The Kier molecular flexibility index (Phi) is 4.77. The van der Waals surface area contributed by atoms with Crippen LogP contribution in [-0.2, 0) is 6.54 Å². The van der Waals surface area contributed by atoms with E-state index in [1.807, 2.05) is 10.9 Å². The Hall–Kier alpha value is -1.34. The Morgan fingerprint density at radius 2 is 2.22 bits per heavy atom. The van der Waals surface area contributed by atoms with Gasteiger partial charge >= 0.3 is 0 Å². The van der Waals surface area contributed by atoms with Crippen molar-refractivity contribution in [2.75, 3.05) is 6.54 Å². The summed E-state index contributed by atoms with van der Waals surface area (Å²) in [6.07, 6.45) is 5.72. The second-order valence-corrected chi connectivity index (χ2v) is 4.66. The van der Waals surface area contributed by atoms with Gasteiger partial charge in [0.1, 0.15) is 0 Å². The average Bonchev–Trinajstić information content (AvgIpc) is 3.02. The highest BCUT2D eigenvalue weighted by molar-refractivity contribution is 6.99. The molecule has 0 saturated carbocycles. The number of nitrogens with zero attached hydrogens (tertiary/aromatic N) is 5. The van der Waals surface area contributed by atoms with Crippen molar-refractivity contribution in [2.24, 2.45) is 0 Å². The van der Waals surface area contributed by atoms with Crippen molar-refractivity contribution in [1.82, 2.24) is 29.1 Å². The lowest BCUT2D eigenvalue weighted by molar-refractivity contribution is 0.500. The van der Waals surface area contributed by atoms with Gasteiger partial charge in [0.15, 0.2) is 0 Å². The summed E-state index contributed by atoms with van der Waals surface area (Å²) < 4.78 is 10.3. The Morgan fingerprint density at radius 3 is 2.89 bits per heavy atom. The summed E-state index contributed by atoms with van der Waals surface area (Å²) in [7, 11) is 0. The zero-order valence-electron chi connectivity index (χ0n) is 10.7. The maximum atomic E-state index is 4.33. The fourth-order valence-corrected chi connectivity index (χ4v) is 2.27. The second kappa shape index (κ2) is 6.55. The number of aryl methyl sites for hydroxylation is 1. The lowest BCUT2D eigenvalue weighted by Gasteiger charge is -2.16. The lowest BCUT2D eigenvalue weighted by atomic mass is 10.1. The molecule has 0 saturated heterocycles. The van der Waals surface area contributed by atoms with Gasteiger partial charge in [0.2, 0.25) is 0 Å². The highest BCUT2D eigenvalue weighted by Crippen LogP contribution is 2.19. The third kappa shape index (κ3) is 2.91. The molecule has 2 rings (SSSR count). The van der Waals surface area contributed by atoms with Crippen LogP contribution in [0.15, 0.2) is 12.4 Å². The smallest absolute Gasteiger partial charge is 0.0974 e. The molecule has 0 bridgehead atoms. The van der Waals surface area contributed by atoms with E-state index < -0.39 is 0 Å². The van der Waals surface area contributed by atoms with Crippen molar-refractivity contribution in [3.63, 3.8) is 0 Å². The zero-order valence-corrected chi connectivity index (χ0v) is 11.5. The molecule has 0 aliphatic carbocycles. The molecule has 0 aliphatic rings. The van der Waals surface area contributed by atoms with Gasteiger partial charge in [-0.25, -0.2) is 4.68 Å². The molecule has 98 valence electrons. The zero-order chi connectivity index (χ0) is 12.8. The molecule has 0 aliphatic heterocycles. The summed E-state index contributed by atoms with van der Waals surface area (Å²) in [4.78, 5) is 0. The number of hydrogen-bond donors (Lipinski definition) is 1. The first kappa shape index (κ1) is 13.1. The standard InChI is InChI=1S/C11H18N6S/c1-3-5-12-11(9-7-14-18-15-9)10-8-13-16-17(10)6-4-2/h7-8,11-12H,3-6H2,1-2H3. The molecule has 18 heavy (non-hydrogen) atoms. The van der Waals surface area contributed by atoms with E-state index in [9.17, 15) is 0 Å². The van der Waals surface area contributed by atoms with Crippen molar-refractivity contribution in [3.05, 3.63) is 23.8 Å². The minimum Gasteiger partial charge on any atom is -0.304 e. The van der Waals surface area contributed by atoms with Crippen LogP contribution in [0.5, 0.6) is 0 Å². The van der Waals surface area contributed by atoms with E-state index in [0.29, 0.717) is 0 Å². The van der Waals surface area contributed by atoms with E-state index in [1.165, 1.54) is 11.7 Å². The topological polar surface area (TPSA) is 68.5 Å². The molecular formula is C11H18N6S. The van der Waals surface area contributed by atoms with Gasteiger partial charge in [-0.05, 0) is 19.4 Å². The van der Waals surface area contributed by atoms with Crippen LogP contribution in [0.25, 0.3) is 0 Å². The quantitative estimate of drug-likeness (QED) is 0.825. The highest BCUT2D eigenvalue weighted by atomic mass is 32.1. The fourth-order valence-electron chi connectivity index (χ4n) is 1.82. The van der Waals surface area contributed by atoms with Crippen LogP contribution in [0.2, 0.25) is 0 Å². The molecule has 1 N–H and O–H groups in total. The molecule has 2 aromatic heterocycles. The SMILES string of the molecule is CCCNC(c1cnsn1)c1cnnn1CCC. The number of aromatic nitrogens is 5. The molecule has 2 heterocycles. The van der Waals surface area contributed by atoms with E-state index in [-0.39, 0.29) is 6.04 Å².